The Morgan fingerprint density at radius 1 is 1.09 bits per heavy atom. The van der Waals surface area contributed by atoms with Gasteiger partial charge in [0, 0.05) is 5.56 Å². The molecule has 22 heavy (non-hydrogen) atoms. The molecule has 0 saturated carbocycles. The summed E-state index contributed by atoms with van der Waals surface area (Å²) >= 11 is 0. The lowest BCUT2D eigenvalue weighted by Crippen LogP contribution is -2.08. The van der Waals surface area contributed by atoms with Gasteiger partial charge in [-0.25, -0.2) is 4.79 Å². The van der Waals surface area contributed by atoms with Gasteiger partial charge in [-0.2, -0.15) is 18.3 Å². The molecule has 0 aliphatic heterocycles. The zero-order valence-corrected chi connectivity index (χ0v) is 11.1. The zero-order chi connectivity index (χ0) is 16.2. The SMILES string of the molecule is O=C(O)c1ccc(NN=Cc2ccccc2C(F)(F)F)cc1. The number of nitrogens with zero attached hydrogens (tertiary/aromatic N) is 1. The van der Waals surface area contributed by atoms with Crippen LogP contribution in [-0.4, -0.2) is 17.3 Å². The second-order valence-corrected chi connectivity index (χ2v) is 4.34. The van der Waals surface area contributed by atoms with Crippen LogP contribution in [0.1, 0.15) is 21.5 Å². The number of halogens is 3. The van der Waals surface area contributed by atoms with Crippen molar-refractivity contribution in [2.24, 2.45) is 5.10 Å². The predicted molar refractivity (Wildman–Crippen MR) is 76.1 cm³/mol. The lowest BCUT2D eigenvalue weighted by atomic mass is 10.1. The average Bonchev–Trinajstić information content (AvgIpc) is 2.47. The van der Waals surface area contributed by atoms with Gasteiger partial charge >= 0.3 is 12.1 Å². The van der Waals surface area contributed by atoms with Crippen molar-refractivity contribution in [1.82, 2.24) is 0 Å². The number of alkyl halides is 3. The normalized spacial score (nSPS) is 11.6. The minimum absolute atomic E-state index is 0.0651. The van der Waals surface area contributed by atoms with Crippen molar-refractivity contribution < 1.29 is 23.1 Å². The van der Waals surface area contributed by atoms with Crippen LogP contribution in [0.25, 0.3) is 0 Å². The molecule has 2 aromatic rings. The summed E-state index contributed by atoms with van der Waals surface area (Å²) in [5.41, 5.74) is 2.28. The van der Waals surface area contributed by atoms with Gasteiger partial charge in [0.2, 0.25) is 0 Å². The fourth-order valence-electron chi connectivity index (χ4n) is 1.73. The lowest BCUT2D eigenvalue weighted by Gasteiger charge is -2.09. The third-order valence-electron chi connectivity index (χ3n) is 2.80. The Morgan fingerprint density at radius 3 is 2.32 bits per heavy atom. The van der Waals surface area contributed by atoms with E-state index in [4.69, 9.17) is 5.11 Å². The van der Waals surface area contributed by atoms with Gasteiger partial charge in [0.25, 0.3) is 0 Å². The number of carboxylic acids is 1. The molecule has 2 rings (SSSR count). The maximum absolute atomic E-state index is 12.8. The fraction of sp³-hybridized carbons (Fsp3) is 0.0667. The average molecular weight is 308 g/mol. The Bertz CT molecular complexity index is 695. The van der Waals surface area contributed by atoms with Gasteiger partial charge in [-0.1, -0.05) is 18.2 Å². The highest BCUT2D eigenvalue weighted by Crippen LogP contribution is 2.31. The molecule has 0 unspecified atom stereocenters. The Labute approximate surface area is 123 Å². The summed E-state index contributed by atoms with van der Waals surface area (Å²) in [7, 11) is 0. The molecule has 4 nitrogen and oxygen atoms in total. The fourth-order valence-corrected chi connectivity index (χ4v) is 1.73. The number of hydrogen-bond donors (Lipinski definition) is 2. The molecule has 0 aromatic heterocycles. The number of aromatic carboxylic acids is 1. The monoisotopic (exact) mass is 308 g/mol. The molecule has 0 radical (unpaired) electrons. The highest BCUT2D eigenvalue weighted by atomic mass is 19.4. The number of anilines is 1. The Morgan fingerprint density at radius 2 is 1.73 bits per heavy atom. The molecule has 0 heterocycles. The molecule has 0 fully saturated rings. The Hall–Kier alpha value is -2.83. The molecule has 2 aromatic carbocycles. The first-order valence-corrected chi connectivity index (χ1v) is 6.16. The summed E-state index contributed by atoms with van der Waals surface area (Å²) in [5.74, 6) is -1.06. The predicted octanol–water partition coefficient (Wildman–Crippen LogP) is 3.85. The topological polar surface area (TPSA) is 61.7 Å². The van der Waals surface area contributed by atoms with E-state index >= 15 is 0 Å². The van der Waals surface area contributed by atoms with Crippen LogP contribution in [0.4, 0.5) is 18.9 Å². The largest absolute Gasteiger partial charge is 0.478 e. The number of benzene rings is 2. The van der Waals surface area contributed by atoms with Gasteiger partial charge < -0.3 is 5.11 Å². The molecule has 0 aliphatic rings. The van der Waals surface area contributed by atoms with E-state index in [0.29, 0.717) is 5.69 Å². The number of rotatable bonds is 4. The van der Waals surface area contributed by atoms with Crippen molar-refractivity contribution in [3.63, 3.8) is 0 Å². The van der Waals surface area contributed by atoms with Crippen LogP contribution in [0.15, 0.2) is 53.6 Å². The van der Waals surface area contributed by atoms with Crippen molar-refractivity contribution in [2.45, 2.75) is 6.18 Å². The van der Waals surface area contributed by atoms with Crippen LogP contribution < -0.4 is 5.43 Å². The van der Waals surface area contributed by atoms with E-state index in [0.717, 1.165) is 12.3 Å². The van der Waals surface area contributed by atoms with Crippen LogP contribution >= 0.6 is 0 Å². The maximum Gasteiger partial charge on any atom is 0.417 e. The summed E-state index contributed by atoms with van der Waals surface area (Å²) in [6, 6.07) is 10.7. The third kappa shape index (κ3) is 3.85. The lowest BCUT2D eigenvalue weighted by molar-refractivity contribution is -0.137. The second-order valence-electron chi connectivity index (χ2n) is 4.34. The minimum atomic E-state index is -4.45. The standard InChI is InChI=1S/C15H11F3N2O2/c16-15(17,18)13-4-2-1-3-11(13)9-19-20-12-7-5-10(6-8-12)14(21)22/h1-9,20H,(H,21,22). The first kappa shape index (κ1) is 15.6. The zero-order valence-electron chi connectivity index (χ0n) is 11.1. The number of carbonyl (C=O) groups is 1. The molecule has 0 amide bonds. The van der Waals surface area contributed by atoms with Gasteiger partial charge in [-0.3, -0.25) is 5.43 Å². The molecule has 2 N–H and O–H groups in total. The van der Waals surface area contributed by atoms with Crippen molar-refractivity contribution in [3.05, 3.63) is 65.2 Å². The smallest absolute Gasteiger partial charge is 0.417 e. The molecule has 0 saturated heterocycles. The number of hydrazone groups is 1. The summed E-state index contributed by atoms with van der Waals surface area (Å²) in [6.07, 6.45) is -3.39. The highest BCUT2D eigenvalue weighted by molar-refractivity contribution is 5.88. The molecule has 0 aliphatic carbocycles. The Kier molecular flexibility index (Phi) is 4.45. The molecular formula is C15H11F3N2O2. The minimum Gasteiger partial charge on any atom is -0.478 e. The van der Waals surface area contributed by atoms with E-state index < -0.39 is 17.7 Å². The third-order valence-corrected chi connectivity index (χ3v) is 2.80. The van der Waals surface area contributed by atoms with E-state index in [-0.39, 0.29) is 11.1 Å². The van der Waals surface area contributed by atoms with Gasteiger partial charge in [-0.05, 0) is 30.3 Å². The van der Waals surface area contributed by atoms with Crippen LogP contribution in [-0.2, 0) is 6.18 Å². The molecule has 0 atom stereocenters. The van der Waals surface area contributed by atoms with Gasteiger partial charge in [0.05, 0.1) is 23.0 Å². The second kappa shape index (κ2) is 6.30. The van der Waals surface area contributed by atoms with E-state index in [2.05, 4.69) is 10.5 Å². The number of hydrogen-bond acceptors (Lipinski definition) is 3. The number of carboxylic acid groups (broad SMARTS) is 1. The highest BCUT2D eigenvalue weighted by Gasteiger charge is 2.32. The van der Waals surface area contributed by atoms with Crippen LogP contribution in [0.3, 0.4) is 0 Å². The summed E-state index contributed by atoms with van der Waals surface area (Å²) in [6.45, 7) is 0. The van der Waals surface area contributed by atoms with Crippen molar-refractivity contribution >= 4 is 17.9 Å². The first-order valence-electron chi connectivity index (χ1n) is 6.16. The summed E-state index contributed by atoms with van der Waals surface area (Å²) in [4.78, 5) is 10.7. The van der Waals surface area contributed by atoms with Crippen molar-refractivity contribution in [1.29, 1.82) is 0 Å². The van der Waals surface area contributed by atoms with Gasteiger partial charge in [0.1, 0.15) is 0 Å². The van der Waals surface area contributed by atoms with Gasteiger partial charge in [0.15, 0.2) is 0 Å². The summed E-state index contributed by atoms with van der Waals surface area (Å²) in [5, 5.41) is 12.5. The van der Waals surface area contributed by atoms with E-state index in [9.17, 15) is 18.0 Å². The van der Waals surface area contributed by atoms with E-state index in [1.165, 1.54) is 42.5 Å². The van der Waals surface area contributed by atoms with Crippen LogP contribution in [0.2, 0.25) is 0 Å². The quantitative estimate of drug-likeness (QED) is 0.666. The van der Waals surface area contributed by atoms with Crippen molar-refractivity contribution in [2.75, 3.05) is 5.43 Å². The van der Waals surface area contributed by atoms with E-state index in [1.807, 2.05) is 0 Å². The molecular weight excluding hydrogens is 297 g/mol. The molecule has 114 valence electrons. The van der Waals surface area contributed by atoms with Crippen LogP contribution in [0, 0.1) is 0 Å². The first-order chi connectivity index (χ1) is 10.4. The maximum atomic E-state index is 12.8. The molecule has 0 spiro atoms. The van der Waals surface area contributed by atoms with E-state index in [1.54, 1.807) is 0 Å². The molecule has 0 bridgehead atoms. The molecule has 7 heteroatoms. The van der Waals surface area contributed by atoms with Crippen LogP contribution in [0.5, 0.6) is 0 Å². The summed E-state index contributed by atoms with van der Waals surface area (Å²) < 4.78 is 38.3. The Balaban J connectivity index is 2.12. The van der Waals surface area contributed by atoms with Crippen molar-refractivity contribution in [3.8, 4) is 0 Å². The van der Waals surface area contributed by atoms with Gasteiger partial charge in [-0.15, -0.1) is 0 Å². The number of nitrogens with one attached hydrogen (secondary N) is 1.